The predicted octanol–water partition coefficient (Wildman–Crippen LogP) is 2.93. The molecule has 110 valence electrons. The van der Waals surface area contributed by atoms with Crippen LogP contribution in [0.4, 0.5) is 15.9 Å². The van der Waals surface area contributed by atoms with Gasteiger partial charge in [0.2, 0.25) is 5.88 Å². The van der Waals surface area contributed by atoms with E-state index < -0.39 is 10.7 Å². The number of anilines is 1. The van der Waals surface area contributed by atoms with Crippen LogP contribution in [0.25, 0.3) is 0 Å². The van der Waals surface area contributed by atoms with Crippen LogP contribution in [-0.4, -0.2) is 21.1 Å². The Morgan fingerprint density at radius 3 is 2.71 bits per heavy atom. The topological polar surface area (TPSA) is 104 Å². The van der Waals surface area contributed by atoms with Gasteiger partial charge in [0.05, 0.1) is 11.0 Å². The van der Waals surface area contributed by atoms with E-state index in [2.05, 4.69) is 9.97 Å². The van der Waals surface area contributed by atoms with Gasteiger partial charge in [-0.25, -0.2) is 9.37 Å². The van der Waals surface area contributed by atoms with Gasteiger partial charge in [-0.2, -0.15) is 4.98 Å². The summed E-state index contributed by atoms with van der Waals surface area (Å²) in [5, 5.41) is 11.1. The molecule has 0 aliphatic rings. The normalized spacial score (nSPS) is 10.4. The van der Waals surface area contributed by atoms with Crippen molar-refractivity contribution in [2.45, 2.75) is 12.1 Å². The van der Waals surface area contributed by atoms with Crippen molar-refractivity contribution in [1.82, 2.24) is 9.97 Å². The van der Waals surface area contributed by atoms with Gasteiger partial charge in [0.1, 0.15) is 5.82 Å². The molecular formula is C12H11FN4O3S. The zero-order valence-corrected chi connectivity index (χ0v) is 12.0. The first-order valence-electron chi connectivity index (χ1n) is 5.71. The number of aromatic nitrogens is 2. The van der Waals surface area contributed by atoms with Crippen molar-refractivity contribution in [2.75, 3.05) is 12.0 Å². The lowest BCUT2D eigenvalue weighted by Gasteiger charge is -2.08. The summed E-state index contributed by atoms with van der Waals surface area (Å²) in [4.78, 5) is 18.0. The molecule has 1 aromatic carbocycles. The molecule has 0 fully saturated rings. The molecule has 2 N–H and O–H groups in total. The highest BCUT2D eigenvalue weighted by Gasteiger charge is 2.17. The third-order valence-corrected chi connectivity index (χ3v) is 3.09. The van der Waals surface area contributed by atoms with Crippen molar-refractivity contribution in [2.24, 2.45) is 0 Å². The maximum atomic E-state index is 13.8. The Morgan fingerprint density at radius 2 is 2.10 bits per heavy atom. The minimum atomic E-state index is -0.852. The number of nitro groups is 1. The van der Waals surface area contributed by atoms with Crippen LogP contribution in [0.1, 0.15) is 5.56 Å². The van der Waals surface area contributed by atoms with Crippen molar-refractivity contribution < 1.29 is 14.1 Å². The second-order valence-electron chi connectivity index (χ2n) is 4.05. The first-order valence-corrected chi connectivity index (χ1v) is 6.94. The summed E-state index contributed by atoms with van der Waals surface area (Å²) >= 11 is 1.26. The number of ether oxygens (including phenoxy) is 1. The molecule has 0 saturated carbocycles. The molecule has 0 bridgehead atoms. The van der Waals surface area contributed by atoms with E-state index in [0.29, 0.717) is 5.16 Å². The zero-order valence-electron chi connectivity index (χ0n) is 11.2. The van der Waals surface area contributed by atoms with E-state index in [-0.39, 0.29) is 28.7 Å². The molecule has 0 radical (unpaired) electrons. The third kappa shape index (κ3) is 3.37. The van der Waals surface area contributed by atoms with Crippen LogP contribution in [0.3, 0.4) is 0 Å². The Hall–Kier alpha value is -2.42. The van der Waals surface area contributed by atoms with Gasteiger partial charge >= 0.3 is 0 Å². The van der Waals surface area contributed by atoms with Crippen LogP contribution in [0.2, 0.25) is 0 Å². The third-order valence-electron chi connectivity index (χ3n) is 2.55. The standard InChI is InChI=1S/C12H11FN4O3S/c1-6-3-9(7(13)4-8(6)17(18)19)20-11-5-10(14)15-12(16-11)21-2/h3-5H,1-2H3,(H2,14,15,16). The number of nitrogens with zero attached hydrogens (tertiary/aromatic N) is 3. The summed E-state index contributed by atoms with van der Waals surface area (Å²) in [6.45, 7) is 1.49. The average molecular weight is 310 g/mol. The van der Waals surface area contributed by atoms with Gasteiger partial charge in [0, 0.05) is 11.6 Å². The highest BCUT2D eigenvalue weighted by molar-refractivity contribution is 7.98. The maximum Gasteiger partial charge on any atom is 0.275 e. The largest absolute Gasteiger partial charge is 0.436 e. The number of benzene rings is 1. The second kappa shape index (κ2) is 5.92. The Kier molecular flexibility index (Phi) is 4.22. The number of nitrogens with two attached hydrogens (primary N) is 1. The molecule has 2 aromatic rings. The van der Waals surface area contributed by atoms with E-state index in [1.165, 1.54) is 30.8 Å². The monoisotopic (exact) mass is 310 g/mol. The number of hydrogen-bond acceptors (Lipinski definition) is 7. The fourth-order valence-electron chi connectivity index (χ4n) is 1.60. The van der Waals surface area contributed by atoms with E-state index in [4.69, 9.17) is 10.5 Å². The predicted molar refractivity (Wildman–Crippen MR) is 76.1 cm³/mol. The summed E-state index contributed by atoms with van der Waals surface area (Å²) in [5.74, 6) is -0.763. The van der Waals surface area contributed by atoms with Crippen molar-refractivity contribution in [3.05, 3.63) is 39.7 Å². The van der Waals surface area contributed by atoms with Crippen molar-refractivity contribution >= 4 is 23.3 Å². The number of thioether (sulfide) groups is 1. The molecule has 0 aliphatic heterocycles. The second-order valence-corrected chi connectivity index (χ2v) is 4.82. The molecular weight excluding hydrogens is 299 g/mol. The number of halogens is 1. The van der Waals surface area contributed by atoms with Crippen LogP contribution < -0.4 is 10.5 Å². The molecule has 0 atom stereocenters. The van der Waals surface area contributed by atoms with Gasteiger partial charge in [0.15, 0.2) is 16.7 Å². The van der Waals surface area contributed by atoms with Crippen LogP contribution >= 0.6 is 11.8 Å². The van der Waals surface area contributed by atoms with Crippen LogP contribution in [-0.2, 0) is 0 Å². The minimum absolute atomic E-state index is 0.0685. The van der Waals surface area contributed by atoms with E-state index in [9.17, 15) is 14.5 Å². The quantitative estimate of drug-likeness (QED) is 0.400. The molecule has 0 saturated heterocycles. The van der Waals surface area contributed by atoms with Gasteiger partial charge in [-0.05, 0) is 19.2 Å². The van der Waals surface area contributed by atoms with Crippen LogP contribution in [0.5, 0.6) is 11.6 Å². The van der Waals surface area contributed by atoms with Gasteiger partial charge < -0.3 is 10.5 Å². The Balaban J connectivity index is 2.38. The number of nitro benzene ring substituents is 1. The van der Waals surface area contributed by atoms with Crippen molar-refractivity contribution in [3.8, 4) is 11.6 Å². The lowest BCUT2D eigenvalue weighted by Crippen LogP contribution is -1.99. The number of hydrogen-bond donors (Lipinski definition) is 1. The minimum Gasteiger partial charge on any atom is -0.436 e. The zero-order chi connectivity index (χ0) is 15.6. The Labute approximate surface area is 123 Å². The van der Waals surface area contributed by atoms with Crippen LogP contribution in [0.15, 0.2) is 23.4 Å². The van der Waals surface area contributed by atoms with Crippen molar-refractivity contribution in [1.29, 1.82) is 0 Å². The Bertz CT molecular complexity index is 711. The van der Waals surface area contributed by atoms with Crippen molar-refractivity contribution in [3.63, 3.8) is 0 Å². The van der Waals surface area contributed by atoms with E-state index >= 15 is 0 Å². The fourth-order valence-corrected chi connectivity index (χ4v) is 1.97. The summed E-state index contributed by atoms with van der Waals surface area (Å²) in [5.41, 5.74) is 5.56. The summed E-state index contributed by atoms with van der Waals surface area (Å²) in [6.07, 6.45) is 1.76. The molecule has 0 amide bonds. The van der Waals surface area contributed by atoms with Gasteiger partial charge in [-0.1, -0.05) is 11.8 Å². The highest BCUT2D eigenvalue weighted by Crippen LogP contribution is 2.30. The molecule has 21 heavy (non-hydrogen) atoms. The van der Waals surface area contributed by atoms with Gasteiger partial charge in [-0.15, -0.1) is 0 Å². The fraction of sp³-hybridized carbons (Fsp3) is 0.167. The molecule has 7 nitrogen and oxygen atoms in total. The molecule has 2 rings (SSSR count). The number of aryl methyl sites for hydroxylation is 1. The lowest BCUT2D eigenvalue weighted by atomic mass is 10.2. The first-order chi connectivity index (χ1) is 9.90. The molecule has 1 aromatic heterocycles. The summed E-state index contributed by atoms with van der Waals surface area (Å²) in [7, 11) is 0. The molecule has 0 aliphatic carbocycles. The van der Waals surface area contributed by atoms with E-state index in [0.717, 1.165) is 6.07 Å². The van der Waals surface area contributed by atoms with Gasteiger partial charge in [-0.3, -0.25) is 10.1 Å². The molecule has 0 unspecified atom stereocenters. The maximum absolute atomic E-state index is 13.8. The van der Waals surface area contributed by atoms with Crippen LogP contribution in [0, 0.1) is 22.9 Å². The molecule has 9 heteroatoms. The average Bonchev–Trinajstić information content (AvgIpc) is 2.41. The summed E-state index contributed by atoms with van der Waals surface area (Å²) in [6, 6.07) is 3.39. The highest BCUT2D eigenvalue weighted by atomic mass is 32.2. The SMILES string of the molecule is CSc1nc(N)cc(Oc2cc(C)c([N+](=O)[O-])cc2F)n1. The first kappa shape index (κ1) is 15.0. The summed E-state index contributed by atoms with van der Waals surface area (Å²) < 4.78 is 19.2. The number of nitrogen functional groups attached to an aromatic ring is 1. The van der Waals surface area contributed by atoms with E-state index in [1.54, 1.807) is 6.26 Å². The molecule has 1 heterocycles. The molecule has 0 spiro atoms. The lowest BCUT2D eigenvalue weighted by molar-refractivity contribution is -0.385. The van der Waals surface area contributed by atoms with Gasteiger partial charge in [0.25, 0.3) is 5.69 Å². The Morgan fingerprint density at radius 1 is 1.38 bits per heavy atom. The number of rotatable bonds is 4. The van der Waals surface area contributed by atoms with E-state index in [1.807, 2.05) is 0 Å². The smallest absolute Gasteiger partial charge is 0.275 e.